The minimum absolute atomic E-state index is 0.000683. The molecule has 0 heterocycles. The zero-order chi connectivity index (χ0) is 14.8. The summed E-state index contributed by atoms with van der Waals surface area (Å²) in [6, 6.07) is 21.3. The van der Waals surface area contributed by atoms with Crippen LogP contribution in [0.25, 0.3) is 10.8 Å². The second-order valence-electron chi connectivity index (χ2n) is 5.35. The van der Waals surface area contributed by atoms with Crippen molar-refractivity contribution in [2.45, 2.75) is 18.7 Å². The van der Waals surface area contributed by atoms with Crippen molar-refractivity contribution < 1.29 is 0 Å². The lowest BCUT2D eigenvalue weighted by atomic mass is 9.98. The van der Waals surface area contributed by atoms with Crippen molar-refractivity contribution in [3.63, 3.8) is 0 Å². The van der Waals surface area contributed by atoms with Gasteiger partial charge in [0.1, 0.15) is 0 Å². The molecule has 1 atom stereocenters. The fourth-order valence-corrected chi connectivity index (χ4v) is 3.57. The Morgan fingerprint density at radius 3 is 2.48 bits per heavy atom. The van der Waals surface area contributed by atoms with Crippen molar-refractivity contribution in [3.8, 4) is 0 Å². The Bertz CT molecular complexity index is 779. The lowest BCUT2D eigenvalue weighted by molar-refractivity contribution is 0.911. The van der Waals surface area contributed by atoms with Crippen LogP contribution in [0, 0.1) is 6.92 Å². The number of fused-ring (bicyclic) bond motifs is 1. The molecule has 0 aromatic heterocycles. The molecule has 21 heavy (non-hydrogen) atoms. The highest BCUT2D eigenvalue weighted by Gasteiger charge is 2.12. The van der Waals surface area contributed by atoms with Crippen LogP contribution in [-0.4, -0.2) is 0 Å². The monoisotopic (exact) mass is 358 g/mol. The number of benzene rings is 3. The SMILES string of the molecule is Cc1cc(Br)ccc1C(Cl)Cc1ccc2ccccc2c1. The maximum Gasteiger partial charge on any atom is 0.0628 e. The molecule has 0 spiro atoms. The van der Waals surface area contributed by atoms with Crippen LogP contribution in [0.2, 0.25) is 0 Å². The van der Waals surface area contributed by atoms with Gasteiger partial charge in [-0.05, 0) is 52.9 Å². The summed E-state index contributed by atoms with van der Waals surface area (Å²) in [6.45, 7) is 2.11. The van der Waals surface area contributed by atoms with Crippen molar-refractivity contribution in [1.82, 2.24) is 0 Å². The zero-order valence-corrected chi connectivity index (χ0v) is 14.2. The van der Waals surface area contributed by atoms with Crippen LogP contribution in [-0.2, 0) is 6.42 Å². The van der Waals surface area contributed by atoms with Crippen molar-refractivity contribution in [2.24, 2.45) is 0 Å². The predicted molar refractivity (Wildman–Crippen MR) is 95.1 cm³/mol. The van der Waals surface area contributed by atoms with Gasteiger partial charge in [0.05, 0.1) is 5.38 Å². The molecule has 106 valence electrons. The van der Waals surface area contributed by atoms with E-state index in [9.17, 15) is 0 Å². The van der Waals surface area contributed by atoms with Crippen LogP contribution in [0.15, 0.2) is 65.1 Å². The quantitative estimate of drug-likeness (QED) is 0.472. The molecule has 0 nitrogen and oxygen atoms in total. The van der Waals surface area contributed by atoms with Gasteiger partial charge in [0.25, 0.3) is 0 Å². The van der Waals surface area contributed by atoms with E-state index < -0.39 is 0 Å². The number of alkyl halides is 1. The lowest BCUT2D eigenvalue weighted by Gasteiger charge is -2.14. The van der Waals surface area contributed by atoms with E-state index in [-0.39, 0.29) is 5.38 Å². The first kappa shape index (κ1) is 14.6. The van der Waals surface area contributed by atoms with Crippen LogP contribution >= 0.6 is 27.5 Å². The highest BCUT2D eigenvalue weighted by atomic mass is 79.9. The molecule has 0 radical (unpaired) electrons. The molecule has 3 rings (SSSR count). The third-order valence-electron chi connectivity index (χ3n) is 3.80. The number of rotatable bonds is 3. The van der Waals surface area contributed by atoms with Gasteiger partial charge < -0.3 is 0 Å². The van der Waals surface area contributed by atoms with Crippen LogP contribution in [0.5, 0.6) is 0 Å². The zero-order valence-electron chi connectivity index (χ0n) is 11.8. The maximum atomic E-state index is 6.63. The van der Waals surface area contributed by atoms with Gasteiger partial charge in [-0.3, -0.25) is 0 Å². The largest absolute Gasteiger partial charge is 0.117 e. The Morgan fingerprint density at radius 2 is 1.71 bits per heavy atom. The van der Waals surface area contributed by atoms with Crippen LogP contribution < -0.4 is 0 Å². The molecule has 3 aromatic carbocycles. The van der Waals surface area contributed by atoms with E-state index in [1.807, 2.05) is 0 Å². The number of halogens is 2. The average Bonchev–Trinajstić information content (AvgIpc) is 2.47. The third kappa shape index (κ3) is 3.30. The first-order valence-corrected chi connectivity index (χ1v) is 8.24. The van der Waals surface area contributed by atoms with E-state index in [4.69, 9.17) is 11.6 Å². The number of hydrogen-bond acceptors (Lipinski definition) is 0. The second-order valence-corrected chi connectivity index (χ2v) is 6.80. The number of aryl methyl sites for hydroxylation is 1. The van der Waals surface area contributed by atoms with E-state index in [0.717, 1.165) is 10.9 Å². The Kier molecular flexibility index (Phi) is 4.32. The molecule has 0 N–H and O–H groups in total. The summed E-state index contributed by atoms with van der Waals surface area (Å²) in [6.07, 6.45) is 0.842. The fraction of sp³-hybridized carbons (Fsp3) is 0.158. The first-order valence-electron chi connectivity index (χ1n) is 7.01. The van der Waals surface area contributed by atoms with Crippen LogP contribution in [0.4, 0.5) is 0 Å². The average molecular weight is 360 g/mol. The second kappa shape index (κ2) is 6.21. The highest BCUT2D eigenvalue weighted by molar-refractivity contribution is 9.10. The third-order valence-corrected chi connectivity index (χ3v) is 4.68. The van der Waals surface area contributed by atoms with Gasteiger partial charge in [-0.2, -0.15) is 0 Å². The number of hydrogen-bond donors (Lipinski definition) is 0. The highest BCUT2D eigenvalue weighted by Crippen LogP contribution is 2.30. The topological polar surface area (TPSA) is 0 Å². The van der Waals surface area contributed by atoms with Crippen molar-refractivity contribution >= 4 is 38.3 Å². The van der Waals surface area contributed by atoms with E-state index in [2.05, 4.69) is 83.5 Å². The van der Waals surface area contributed by atoms with E-state index >= 15 is 0 Å². The molecule has 0 fully saturated rings. The molecular weight excluding hydrogens is 344 g/mol. The van der Waals surface area contributed by atoms with Gasteiger partial charge in [-0.1, -0.05) is 64.5 Å². The van der Waals surface area contributed by atoms with Crippen molar-refractivity contribution in [3.05, 3.63) is 81.8 Å². The summed E-state index contributed by atoms with van der Waals surface area (Å²) in [7, 11) is 0. The Hall–Kier alpha value is -1.31. The smallest absolute Gasteiger partial charge is 0.0628 e. The molecule has 0 bridgehead atoms. The minimum atomic E-state index is -0.000683. The summed E-state index contributed by atoms with van der Waals surface area (Å²) in [4.78, 5) is 0. The van der Waals surface area contributed by atoms with Crippen molar-refractivity contribution in [2.75, 3.05) is 0 Å². The Balaban J connectivity index is 1.87. The summed E-state index contributed by atoms with van der Waals surface area (Å²) in [5.41, 5.74) is 3.70. The van der Waals surface area contributed by atoms with E-state index in [0.29, 0.717) is 0 Å². The fourth-order valence-electron chi connectivity index (χ4n) is 2.67. The first-order chi connectivity index (χ1) is 10.1. The molecule has 1 unspecified atom stereocenters. The summed E-state index contributed by atoms with van der Waals surface area (Å²) >= 11 is 10.1. The lowest BCUT2D eigenvalue weighted by Crippen LogP contribution is -1.98. The molecule has 0 amide bonds. The molecule has 0 aliphatic rings. The van der Waals surface area contributed by atoms with Gasteiger partial charge in [0.2, 0.25) is 0 Å². The molecular formula is C19H16BrCl. The van der Waals surface area contributed by atoms with Gasteiger partial charge in [0.15, 0.2) is 0 Å². The predicted octanol–water partition coefficient (Wildman–Crippen LogP) is 6.43. The molecule has 0 aliphatic carbocycles. The van der Waals surface area contributed by atoms with E-state index in [1.54, 1.807) is 0 Å². The summed E-state index contributed by atoms with van der Waals surface area (Å²) in [5, 5.41) is 2.54. The maximum absolute atomic E-state index is 6.63. The van der Waals surface area contributed by atoms with Gasteiger partial charge in [0, 0.05) is 4.47 Å². The molecule has 0 saturated carbocycles. The molecule has 0 aliphatic heterocycles. The summed E-state index contributed by atoms with van der Waals surface area (Å²) < 4.78 is 1.10. The van der Waals surface area contributed by atoms with Crippen molar-refractivity contribution in [1.29, 1.82) is 0 Å². The standard InChI is InChI=1S/C19H16BrCl/c1-13-10-17(20)8-9-18(13)19(21)12-14-6-7-15-4-2-3-5-16(15)11-14/h2-11,19H,12H2,1H3. The molecule has 3 aromatic rings. The van der Waals surface area contributed by atoms with Gasteiger partial charge in [-0.25, -0.2) is 0 Å². The normalized spacial score (nSPS) is 12.5. The van der Waals surface area contributed by atoms with Crippen LogP contribution in [0.3, 0.4) is 0 Å². The Morgan fingerprint density at radius 1 is 0.952 bits per heavy atom. The van der Waals surface area contributed by atoms with Gasteiger partial charge >= 0.3 is 0 Å². The van der Waals surface area contributed by atoms with E-state index in [1.165, 1.54) is 27.5 Å². The minimum Gasteiger partial charge on any atom is -0.117 e. The molecule has 0 saturated heterocycles. The summed E-state index contributed by atoms with van der Waals surface area (Å²) in [5.74, 6) is 0. The van der Waals surface area contributed by atoms with Crippen LogP contribution in [0.1, 0.15) is 22.1 Å². The van der Waals surface area contributed by atoms with Gasteiger partial charge in [-0.15, -0.1) is 11.6 Å². The molecule has 2 heteroatoms. The Labute approximate surface area is 138 Å².